The zero-order valence-electron chi connectivity index (χ0n) is 21.6. The quantitative estimate of drug-likeness (QED) is 0.286. The van der Waals surface area contributed by atoms with Gasteiger partial charge in [-0.05, 0) is 104 Å². The average molecular weight is 503 g/mol. The Balaban J connectivity index is 1.18. The van der Waals surface area contributed by atoms with E-state index >= 15 is 0 Å². The van der Waals surface area contributed by atoms with E-state index < -0.39 is 11.6 Å². The lowest BCUT2D eigenvalue weighted by Crippen LogP contribution is -2.29. The van der Waals surface area contributed by atoms with E-state index in [0.29, 0.717) is 5.92 Å². The predicted molar refractivity (Wildman–Crippen MR) is 145 cm³/mol. The molecule has 3 aromatic rings. The fraction of sp³-hybridized carbons (Fsp3) is 0.394. The van der Waals surface area contributed by atoms with Crippen molar-refractivity contribution in [1.82, 2.24) is 0 Å². The van der Waals surface area contributed by atoms with E-state index in [1.165, 1.54) is 61.8 Å². The first-order valence-electron chi connectivity index (χ1n) is 13.6. The van der Waals surface area contributed by atoms with Crippen LogP contribution >= 0.6 is 0 Å². The fourth-order valence-corrected chi connectivity index (χ4v) is 6.24. The van der Waals surface area contributed by atoms with Crippen molar-refractivity contribution in [3.63, 3.8) is 0 Å². The summed E-state index contributed by atoms with van der Waals surface area (Å²) < 4.78 is 39.0. The molecule has 4 atom stereocenters. The third kappa shape index (κ3) is 5.74. The summed E-state index contributed by atoms with van der Waals surface area (Å²) in [5.74, 6) is 0.882. The molecule has 2 nitrogen and oxygen atoms in total. The molecule has 37 heavy (non-hydrogen) atoms. The highest BCUT2D eigenvalue weighted by atomic mass is 19.2. The number of benzene rings is 3. The van der Waals surface area contributed by atoms with Crippen LogP contribution in [0.5, 0.6) is 11.5 Å². The third-order valence-electron chi connectivity index (χ3n) is 8.36. The number of hydrogen-bond acceptors (Lipinski definition) is 2. The summed E-state index contributed by atoms with van der Waals surface area (Å²) in [6.45, 7) is 6.17. The number of halogens is 2. The van der Waals surface area contributed by atoms with Gasteiger partial charge < -0.3 is 9.47 Å². The second-order valence-corrected chi connectivity index (χ2v) is 10.6. The van der Waals surface area contributed by atoms with Crippen molar-refractivity contribution in [2.45, 2.75) is 58.0 Å². The van der Waals surface area contributed by atoms with E-state index in [0.717, 1.165) is 28.9 Å². The van der Waals surface area contributed by atoms with Crippen molar-refractivity contribution in [2.75, 3.05) is 6.61 Å². The Morgan fingerprint density at radius 3 is 2.00 bits per heavy atom. The van der Waals surface area contributed by atoms with Crippen LogP contribution in [0.15, 0.2) is 73.3 Å². The first-order chi connectivity index (χ1) is 18.1. The van der Waals surface area contributed by atoms with Crippen LogP contribution in [0.2, 0.25) is 0 Å². The largest absolute Gasteiger partial charge is 0.491 e. The van der Waals surface area contributed by atoms with Crippen molar-refractivity contribution in [2.24, 2.45) is 17.8 Å². The highest BCUT2D eigenvalue weighted by molar-refractivity contribution is 5.64. The highest BCUT2D eigenvalue weighted by Crippen LogP contribution is 2.47. The maximum Gasteiger partial charge on any atom is 0.204 e. The fourth-order valence-electron chi connectivity index (χ4n) is 6.24. The molecule has 0 aliphatic heterocycles. The van der Waals surface area contributed by atoms with Gasteiger partial charge in [0.15, 0.2) is 11.5 Å². The molecule has 0 N–H and O–H groups in total. The number of hydrogen-bond donors (Lipinski definition) is 0. The van der Waals surface area contributed by atoms with Gasteiger partial charge in [-0.3, -0.25) is 0 Å². The van der Waals surface area contributed by atoms with Crippen molar-refractivity contribution in [3.05, 3.63) is 96.1 Å². The standard InChI is InChI=1S/C33H36F2O2/c1-3-22-5-10-29-20-28(16-15-27(29)19-22)26-13-11-25(12-14-26)24-8-6-23(7-9-24)21-37-31-18-17-30(36-4-2)32(34)33(31)35/h3,6-9,11-14,17-18,22,27-29H,1,4-5,10,15-16,19-21H2,2H3. The molecule has 4 heteroatoms. The Hall–Kier alpha value is -3.14. The summed E-state index contributed by atoms with van der Waals surface area (Å²) in [6.07, 6.45) is 10.1. The Morgan fingerprint density at radius 1 is 0.757 bits per heavy atom. The number of fused-ring (bicyclic) bond motifs is 1. The van der Waals surface area contributed by atoms with Gasteiger partial charge in [-0.15, -0.1) is 6.58 Å². The Kier molecular flexibility index (Phi) is 7.93. The van der Waals surface area contributed by atoms with Gasteiger partial charge in [-0.25, -0.2) is 0 Å². The van der Waals surface area contributed by atoms with Crippen molar-refractivity contribution >= 4 is 0 Å². The lowest BCUT2D eigenvalue weighted by atomic mass is 9.64. The van der Waals surface area contributed by atoms with Gasteiger partial charge in [0, 0.05) is 0 Å². The molecule has 0 aromatic heterocycles. The maximum absolute atomic E-state index is 14.3. The van der Waals surface area contributed by atoms with Crippen molar-refractivity contribution in [3.8, 4) is 22.6 Å². The monoisotopic (exact) mass is 502 g/mol. The van der Waals surface area contributed by atoms with Crippen LogP contribution in [0.4, 0.5) is 8.78 Å². The summed E-state index contributed by atoms with van der Waals surface area (Å²) >= 11 is 0. The maximum atomic E-state index is 14.3. The SMILES string of the molecule is C=CC1CCC2CC(c3ccc(-c4ccc(COc5ccc(OCC)c(F)c5F)cc4)cc3)CCC2C1. The normalized spacial score (nSPS) is 23.2. The summed E-state index contributed by atoms with van der Waals surface area (Å²) in [5, 5.41) is 0. The van der Waals surface area contributed by atoms with Gasteiger partial charge in [0.2, 0.25) is 11.6 Å². The molecule has 0 spiro atoms. The van der Waals surface area contributed by atoms with Gasteiger partial charge in [0.1, 0.15) is 6.61 Å². The van der Waals surface area contributed by atoms with Crippen LogP contribution in [-0.2, 0) is 6.61 Å². The molecule has 3 aromatic carbocycles. The molecule has 2 saturated carbocycles. The van der Waals surface area contributed by atoms with E-state index in [-0.39, 0.29) is 24.7 Å². The van der Waals surface area contributed by atoms with Crippen LogP contribution in [0, 0.1) is 29.4 Å². The lowest BCUT2D eigenvalue weighted by Gasteiger charge is -2.41. The minimum atomic E-state index is -1.03. The smallest absolute Gasteiger partial charge is 0.204 e. The topological polar surface area (TPSA) is 18.5 Å². The minimum absolute atomic E-state index is 0.106. The number of ether oxygens (including phenoxy) is 2. The summed E-state index contributed by atoms with van der Waals surface area (Å²) in [4.78, 5) is 0. The molecule has 0 radical (unpaired) electrons. The van der Waals surface area contributed by atoms with Crippen molar-refractivity contribution in [1.29, 1.82) is 0 Å². The molecule has 2 fully saturated rings. The molecule has 0 heterocycles. The van der Waals surface area contributed by atoms with E-state index in [9.17, 15) is 8.78 Å². The molecule has 2 aliphatic rings. The van der Waals surface area contributed by atoms with Crippen molar-refractivity contribution < 1.29 is 18.3 Å². The Morgan fingerprint density at radius 2 is 1.35 bits per heavy atom. The lowest BCUT2D eigenvalue weighted by molar-refractivity contribution is 0.133. The van der Waals surface area contributed by atoms with E-state index in [4.69, 9.17) is 9.47 Å². The second kappa shape index (κ2) is 11.5. The second-order valence-electron chi connectivity index (χ2n) is 10.6. The molecule has 0 amide bonds. The van der Waals surface area contributed by atoms with E-state index in [1.807, 2.05) is 24.3 Å². The molecule has 0 bridgehead atoms. The average Bonchev–Trinajstić information content (AvgIpc) is 2.95. The highest BCUT2D eigenvalue weighted by Gasteiger charge is 2.35. The molecule has 0 saturated heterocycles. The first kappa shape index (κ1) is 25.5. The van der Waals surface area contributed by atoms with E-state index in [1.54, 1.807) is 6.92 Å². The zero-order chi connectivity index (χ0) is 25.8. The minimum Gasteiger partial charge on any atom is -0.491 e. The molecule has 4 unspecified atom stereocenters. The molecule has 5 rings (SSSR count). The van der Waals surface area contributed by atoms with E-state index in [2.05, 4.69) is 36.9 Å². The Labute approximate surface area is 219 Å². The van der Waals surface area contributed by atoms with Gasteiger partial charge in [0.25, 0.3) is 0 Å². The molecular formula is C33H36F2O2. The van der Waals surface area contributed by atoms with Gasteiger partial charge >= 0.3 is 0 Å². The van der Waals surface area contributed by atoms with Crippen LogP contribution in [0.1, 0.15) is 62.5 Å². The van der Waals surface area contributed by atoms with Crippen LogP contribution < -0.4 is 9.47 Å². The Bertz CT molecular complexity index is 1200. The number of allylic oxidation sites excluding steroid dienone is 1. The van der Waals surface area contributed by atoms with Gasteiger partial charge in [0.05, 0.1) is 6.61 Å². The first-order valence-corrected chi connectivity index (χ1v) is 13.6. The third-order valence-corrected chi connectivity index (χ3v) is 8.36. The summed E-state index contributed by atoms with van der Waals surface area (Å²) in [6, 6.07) is 19.9. The molecule has 194 valence electrons. The zero-order valence-corrected chi connectivity index (χ0v) is 21.6. The van der Waals surface area contributed by atoms with Crippen LogP contribution in [0.25, 0.3) is 11.1 Å². The van der Waals surface area contributed by atoms with Gasteiger partial charge in [-0.1, -0.05) is 54.6 Å². The van der Waals surface area contributed by atoms with Gasteiger partial charge in [-0.2, -0.15) is 8.78 Å². The molecular weight excluding hydrogens is 466 g/mol. The van der Waals surface area contributed by atoms with Crippen LogP contribution in [-0.4, -0.2) is 6.61 Å². The summed E-state index contributed by atoms with van der Waals surface area (Å²) in [7, 11) is 0. The molecule has 2 aliphatic carbocycles. The predicted octanol–water partition coefficient (Wildman–Crippen LogP) is 9.10. The number of rotatable bonds is 8. The summed E-state index contributed by atoms with van der Waals surface area (Å²) in [5.41, 5.74) is 4.65. The van der Waals surface area contributed by atoms with Crippen LogP contribution in [0.3, 0.4) is 0 Å².